The molecule has 0 atom stereocenters. The molecule has 1 rings (SSSR count). The predicted molar refractivity (Wildman–Crippen MR) is 54.2 cm³/mol. The Hall–Kier alpha value is -1.58. The summed E-state index contributed by atoms with van der Waals surface area (Å²) in [6, 6.07) is 3.68. The van der Waals surface area contributed by atoms with Gasteiger partial charge in [-0.3, -0.25) is 0 Å². The van der Waals surface area contributed by atoms with Gasteiger partial charge in [0.2, 0.25) is 12.4 Å². The number of carbonyl (C=O) groups excluding carboxylic acids is 1. The van der Waals surface area contributed by atoms with Gasteiger partial charge in [0, 0.05) is 16.9 Å². The van der Waals surface area contributed by atoms with Crippen LogP contribution in [0.15, 0.2) is 24.5 Å². The minimum absolute atomic E-state index is 0.539. The minimum Gasteiger partial charge on any atom is -0.425 e. The number of aryl methyl sites for hydroxylation is 1. The molecule has 15 heavy (non-hydrogen) atoms. The molecule has 0 spiro atoms. The van der Waals surface area contributed by atoms with Crippen molar-refractivity contribution in [3.8, 4) is 0 Å². The maximum Gasteiger partial charge on any atom is 0.572 e. The van der Waals surface area contributed by atoms with Crippen molar-refractivity contribution in [3.63, 3.8) is 0 Å². The Balaban J connectivity index is 2.55. The molecule has 4 nitrogen and oxygen atoms in total. The first-order valence-electron chi connectivity index (χ1n) is 4.76. The van der Waals surface area contributed by atoms with Crippen LogP contribution in [0.4, 0.5) is 4.79 Å². The lowest BCUT2D eigenvalue weighted by Gasteiger charge is -2.16. The highest BCUT2D eigenvalue weighted by Gasteiger charge is 2.21. The van der Waals surface area contributed by atoms with Crippen LogP contribution in [0.5, 0.6) is 0 Å². The van der Waals surface area contributed by atoms with Crippen molar-refractivity contribution in [3.05, 3.63) is 30.1 Å². The summed E-state index contributed by atoms with van der Waals surface area (Å²) < 4.78 is 6.30. The standard InChI is InChI=1S/C11H16NO3/c1-9-5-7-12(8-6-9)15-10(13)14-11(2,3)4/h5-8H,1-4H3/q+1. The second kappa shape index (κ2) is 4.29. The molecule has 0 aliphatic carbocycles. The first kappa shape index (κ1) is 11.5. The van der Waals surface area contributed by atoms with Gasteiger partial charge in [-0.1, -0.05) is 0 Å². The maximum atomic E-state index is 11.2. The second-order valence-corrected chi connectivity index (χ2v) is 4.29. The third-order valence-corrected chi connectivity index (χ3v) is 1.54. The van der Waals surface area contributed by atoms with Crippen molar-refractivity contribution in [2.24, 2.45) is 0 Å². The van der Waals surface area contributed by atoms with Gasteiger partial charge in [-0.2, -0.15) is 4.79 Å². The molecular weight excluding hydrogens is 194 g/mol. The van der Waals surface area contributed by atoms with Crippen LogP contribution >= 0.6 is 0 Å². The number of hydrogen-bond donors (Lipinski definition) is 0. The Morgan fingerprint density at radius 2 is 1.80 bits per heavy atom. The number of hydrogen-bond acceptors (Lipinski definition) is 3. The molecule has 4 heteroatoms. The van der Waals surface area contributed by atoms with Crippen LogP contribution in [0, 0.1) is 6.92 Å². The van der Waals surface area contributed by atoms with E-state index in [1.54, 1.807) is 33.2 Å². The normalized spacial score (nSPS) is 10.9. The molecule has 0 saturated carbocycles. The van der Waals surface area contributed by atoms with Crippen LogP contribution in [0.3, 0.4) is 0 Å². The van der Waals surface area contributed by atoms with Gasteiger partial charge in [0.1, 0.15) is 5.60 Å². The molecule has 1 aromatic rings. The summed E-state index contributed by atoms with van der Waals surface area (Å²) in [7, 11) is 0. The van der Waals surface area contributed by atoms with Gasteiger partial charge < -0.3 is 4.74 Å². The lowest BCUT2D eigenvalue weighted by Crippen LogP contribution is -2.46. The smallest absolute Gasteiger partial charge is 0.425 e. The molecule has 1 aromatic heterocycles. The molecule has 0 saturated heterocycles. The molecule has 0 aliphatic rings. The molecule has 0 fully saturated rings. The Bertz CT molecular complexity index is 338. The molecule has 0 bridgehead atoms. The van der Waals surface area contributed by atoms with Gasteiger partial charge in [0.25, 0.3) is 0 Å². The van der Waals surface area contributed by atoms with Gasteiger partial charge >= 0.3 is 6.16 Å². The van der Waals surface area contributed by atoms with Gasteiger partial charge in [-0.15, -0.1) is 4.84 Å². The Kier molecular flexibility index (Phi) is 3.29. The van der Waals surface area contributed by atoms with Crippen molar-refractivity contribution in [2.75, 3.05) is 0 Å². The fraction of sp³-hybridized carbons (Fsp3) is 0.455. The minimum atomic E-state index is -0.712. The average molecular weight is 210 g/mol. The summed E-state index contributed by atoms with van der Waals surface area (Å²) >= 11 is 0. The first-order chi connectivity index (χ1) is 6.87. The fourth-order valence-corrected chi connectivity index (χ4v) is 0.903. The summed E-state index contributed by atoms with van der Waals surface area (Å²) in [4.78, 5) is 16.1. The van der Waals surface area contributed by atoms with E-state index in [2.05, 4.69) is 0 Å². The molecule has 0 radical (unpaired) electrons. The molecule has 0 unspecified atom stereocenters. The highest BCUT2D eigenvalue weighted by molar-refractivity contribution is 5.59. The predicted octanol–water partition coefficient (Wildman–Crippen LogP) is 1.65. The van der Waals surface area contributed by atoms with E-state index in [9.17, 15) is 4.79 Å². The summed E-state index contributed by atoms with van der Waals surface area (Å²) in [5, 5.41) is 0. The number of ether oxygens (including phenoxy) is 1. The van der Waals surface area contributed by atoms with Crippen LogP contribution in [0.25, 0.3) is 0 Å². The Labute approximate surface area is 89.4 Å². The third kappa shape index (κ3) is 4.44. The first-order valence-corrected chi connectivity index (χ1v) is 4.76. The lowest BCUT2D eigenvalue weighted by atomic mass is 10.2. The monoisotopic (exact) mass is 210 g/mol. The molecule has 0 N–H and O–H groups in total. The second-order valence-electron chi connectivity index (χ2n) is 4.29. The number of carbonyl (C=O) groups is 1. The van der Waals surface area contributed by atoms with Crippen molar-refractivity contribution in [1.29, 1.82) is 0 Å². The molecular formula is C11H16NO3+. The van der Waals surface area contributed by atoms with Crippen molar-refractivity contribution in [2.45, 2.75) is 33.3 Å². The zero-order chi connectivity index (χ0) is 11.5. The summed E-state index contributed by atoms with van der Waals surface area (Å²) in [6.45, 7) is 7.31. The fourth-order valence-electron chi connectivity index (χ4n) is 0.903. The topological polar surface area (TPSA) is 39.4 Å². The molecule has 1 heterocycles. The van der Waals surface area contributed by atoms with Crippen LogP contribution in [0.1, 0.15) is 26.3 Å². The van der Waals surface area contributed by atoms with Crippen LogP contribution < -0.4 is 9.57 Å². The Morgan fingerprint density at radius 3 is 2.27 bits per heavy atom. The zero-order valence-electron chi connectivity index (χ0n) is 9.48. The van der Waals surface area contributed by atoms with E-state index in [0.29, 0.717) is 0 Å². The van der Waals surface area contributed by atoms with Crippen LogP contribution in [-0.2, 0) is 4.74 Å². The van der Waals surface area contributed by atoms with Crippen molar-refractivity contribution in [1.82, 2.24) is 0 Å². The molecule has 0 aromatic carbocycles. The van der Waals surface area contributed by atoms with Crippen molar-refractivity contribution >= 4 is 6.16 Å². The third-order valence-electron chi connectivity index (χ3n) is 1.54. The number of aromatic nitrogens is 1. The number of rotatable bonds is 1. The van der Waals surface area contributed by atoms with E-state index in [0.717, 1.165) is 5.56 Å². The zero-order valence-corrected chi connectivity index (χ0v) is 9.48. The van der Waals surface area contributed by atoms with Gasteiger partial charge in [0.05, 0.1) is 0 Å². The molecule has 0 amide bonds. The lowest BCUT2D eigenvalue weighted by molar-refractivity contribution is -0.870. The summed E-state index contributed by atoms with van der Waals surface area (Å²) in [6.07, 6.45) is 2.59. The molecule has 82 valence electrons. The number of pyridine rings is 1. The van der Waals surface area contributed by atoms with Crippen LogP contribution in [-0.4, -0.2) is 11.8 Å². The quantitative estimate of drug-likeness (QED) is 0.522. The summed E-state index contributed by atoms with van der Waals surface area (Å²) in [5.74, 6) is 0. The van der Waals surface area contributed by atoms with E-state index in [4.69, 9.17) is 9.57 Å². The highest BCUT2D eigenvalue weighted by Crippen LogP contribution is 2.06. The summed E-state index contributed by atoms with van der Waals surface area (Å²) in [5.41, 5.74) is 0.557. The van der Waals surface area contributed by atoms with E-state index in [1.165, 1.54) is 4.73 Å². The van der Waals surface area contributed by atoms with Gasteiger partial charge in [-0.25, -0.2) is 0 Å². The van der Waals surface area contributed by atoms with E-state index in [1.807, 2.05) is 19.1 Å². The van der Waals surface area contributed by atoms with Crippen LogP contribution in [0.2, 0.25) is 0 Å². The van der Waals surface area contributed by atoms with Gasteiger partial charge in [-0.05, 0) is 33.3 Å². The highest BCUT2D eigenvalue weighted by atomic mass is 16.8. The maximum absolute atomic E-state index is 11.2. The van der Waals surface area contributed by atoms with E-state index in [-0.39, 0.29) is 0 Å². The number of nitrogens with zero attached hydrogens (tertiary/aromatic N) is 1. The largest absolute Gasteiger partial charge is 0.572 e. The van der Waals surface area contributed by atoms with E-state index < -0.39 is 11.8 Å². The Morgan fingerprint density at radius 1 is 1.27 bits per heavy atom. The van der Waals surface area contributed by atoms with Crippen molar-refractivity contribution < 1.29 is 19.1 Å². The average Bonchev–Trinajstić information content (AvgIpc) is 2.05. The SMILES string of the molecule is Cc1cc[n+](OC(=O)OC(C)(C)C)cc1. The van der Waals surface area contributed by atoms with E-state index >= 15 is 0 Å². The van der Waals surface area contributed by atoms with Gasteiger partial charge in [0.15, 0.2) is 0 Å². The molecule has 0 aliphatic heterocycles.